The van der Waals surface area contributed by atoms with Crippen LogP contribution in [0.2, 0.25) is 0 Å². The van der Waals surface area contributed by atoms with Crippen molar-refractivity contribution in [2.24, 2.45) is 0 Å². The first-order chi connectivity index (χ1) is 8.04. The lowest BCUT2D eigenvalue weighted by Crippen LogP contribution is -2.01. The van der Waals surface area contributed by atoms with Crippen LogP contribution in [0.15, 0.2) is 22.7 Å². The first kappa shape index (κ1) is 11.7. The molecule has 0 radical (unpaired) electrons. The van der Waals surface area contributed by atoms with Crippen LogP contribution in [-0.2, 0) is 0 Å². The molecule has 2 N–H and O–H groups in total. The zero-order chi connectivity index (χ0) is 12.6. The van der Waals surface area contributed by atoms with Gasteiger partial charge in [-0.2, -0.15) is 10.4 Å². The summed E-state index contributed by atoms with van der Waals surface area (Å²) in [7, 11) is 0. The highest BCUT2D eigenvalue weighted by molar-refractivity contribution is 9.10. The van der Waals surface area contributed by atoms with Gasteiger partial charge in [-0.05, 0) is 48.0 Å². The lowest BCUT2D eigenvalue weighted by Gasteiger charge is -2.07. The fourth-order valence-corrected chi connectivity index (χ4v) is 2.18. The molecule has 0 saturated heterocycles. The Morgan fingerprint density at radius 1 is 1.41 bits per heavy atom. The molecular weight excluding hydrogens is 280 g/mol. The fourth-order valence-electron chi connectivity index (χ4n) is 1.64. The van der Waals surface area contributed by atoms with Gasteiger partial charge < -0.3 is 5.73 Å². The maximum absolute atomic E-state index is 8.81. The number of hydrogen-bond donors (Lipinski definition) is 1. The van der Waals surface area contributed by atoms with Gasteiger partial charge in [-0.1, -0.05) is 0 Å². The minimum Gasteiger partial charge on any atom is -0.396 e. The Morgan fingerprint density at radius 3 is 2.59 bits per heavy atom. The first-order valence-electron chi connectivity index (χ1n) is 5.06. The van der Waals surface area contributed by atoms with Crippen molar-refractivity contribution in [3.05, 3.63) is 39.6 Å². The first-order valence-corrected chi connectivity index (χ1v) is 5.85. The van der Waals surface area contributed by atoms with Crippen LogP contribution in [0.25, 0.3) is 5.69 Å². The van der Waals surface area contributed by atoms with E-state index in [1.807, 2.05) is 19.9 Å². The summed E-state index contributed by atoms with van der Waals surface area (Å²) < 4.78 is 2.60. The lowest BCUT2D eigenvalue weighted by molar-refractivity contribution is 0.830. The van der Waals surface area contributed by atoms with Crippen molar-refractivity contribution in [1.82, 2.24) is 9.78 Å². The van der Waals surface area contributed by atoms with Crippen LogP contribution in [0.5, 0.6) is 0 Å². The number of benzene rings is 1. The van der Waals surface area contributed by atoms with Crippen molar-refractivity contribution in [3.8, 4) is 11.8 Å². The van der Waals surface area contributed by atoms with Crippen molar-refractivity contribution in [3.63, 3.8) is 0 Å². The van der Waals surface area contributed by atoms with Crippen molar-refractivity contribution in [2.75, 3.05) is 5.73 Å². The minimum absolute atomic E-state index is 0.607. The monoisotopic (exact) mass is 290 g/mol. The van der Waals surface area contributed by atoms with E-state index >= 15 is 0 Å². The molecule has 0 amide bonds. The van der Waals surface area contributed by atoms with Gasteiger partial charge in [0.15, 0.2) is 0 Å². The molecule has 86 valence electrons. The smallest absolute Gasteiger partial charge is 0.0992 e. The van der Waals surface area contributed by atoms with Crippen LogP contribution in [0.1, 0.15) is 17.0 Å². The molecule has 1 aromatic carbocycles. The van der Waals surface area contributed by atoms with Crippen LogP contribution in [-0.4, -0.2) is 9.78 Å². The van der Waals surface area contributed by atoms with Gasteiger partial charge in [-0.3, -0.25) is 0 Å². The molecule has 1 aromatic heterocycles. The number of aryl methyl sites for hydroxylation is 1. The molecule has 0 atom stereocenters. The molecule has 17 heavy (non-hydrogen) atoms. The van der Waals surface area contributed by atoms with Crippen molar-refractivity contribution in [2.45, 2.75) is 13.8 Å². The zero-order valence-electron chi connectivity index (χ0n) is 9.53. The molecule has 0 aliphatic heterocycles. The Labute approximate surface area is 108 Å². The van der Waals surface area contributed by atoms with Crippen molar-refractivity contribution in [1.29, 1.82) is 5.26 Å². The summed E-state index contributed by atoms with van der Waals surface area (Å²) in [6, 6.07) is 7.46. The van der Waals surface area contributed by atoms with Crippen LogP contribution >= 0.6 is 15.9 Å². The van der Waals surface area contributed by atoms with E-state index in [2.05, 4.69) is 27.1 Å². The number of nitrogens with zero attached hydrogens (tertiary/aromatic N) is 3. The van der Waals surface area contributed by atoms with E-state index in [9.17, 15) is 0 Å². The van der Waals surface area contributed by atoms with Crippen LogP contribution in [0, 0.1) is 25.2 Å². The second kappa shape index (κ2) is 4.22. The molecule has 2 rings (SSSR count). The van der Waals surface area contributed by atoms with Crippen LogP contribution in [0.3, 0.4) is 0 Å². The minimum atomic E-state index is 0.607. The molecule has 1 heterocycles. The van der Waals surface area contributed by atoms with Crippen molar-refractivity contribution < 1.29 is 0 Å². The highest BCUT2D eigenvalue weighted by Gasteiger charge is 2.12. The Balaban J connectivity index is 2.62. The number of nitriles is 1. The van der Waals surface area contributed by atoms with E-state index in [1.54, 1.807) is 16.8 Å². The largest absolute Gasteiger partial charge is 0.396 e. The average Bonchev–Trinajstić information content (AvgIpc) is 2.57. The average molecular weight is 291 g/mol. The Bertz CT molecular complexity index is 622. The van der Waals surface area contributed by atoms with Crippen molar-refractivity contribution >= 4 is 21.6 Å². The van der Waals surface area contributed by atoms with Gasteiger partial charge in [-0.15, -0.1) is 0 Å². The number of rotatable bonds is 1. The van der Waals surface area contributed by atoms with E-state index < -0.39 is 0 Å². The molecule has 5 heteroatoms. The maximum atomic E-state index is 8.81. The Morgan fingerprint density at radius 2 is 2.12 bits per heavy atom. The zero-order valence-corrected chi connectivity index (χ0v) is 11.1. The number of anilines is 1. The molecule has 0 saturated carbocycles. The molecule has 2 aromatic rings. The van der Waals surface area contributed by atoms with Gasteiger partial charge in [0.05, 0.1) is 34.4 Å². The second-order valence-corrected chi connectivity index (χ2v) is 4.63. The quantitative estimate of drug-likeness (QED) is 0.878. The van der Waals surface area contributed by atoms with Gasteiger partial charge in [0.2, 0.25) is 0 Å². The van der Waals surface area contributed by atoms with Gasteiger partial charge in [0, 0.05) is 4.47 Å². The predicted octanol–water partition coefficient (Wildman–Crippen LogP) is 2.71. The van der Waals surface area contributed by atoms with Gasteiger partial charge >= 0.3 is 0 Å². The number of nitrogens with two attached hydrogens (primary N) is 1. The highest BCUT2D eigenvalue weighted by Crippen LogP contribution is 2.26. The van der Waals surface area contributed by atoms with Crippen LogP contribution < -0.4 is 5.73 Å². The normalized spacial score (nSPS) is 10.2. The second-order valence-electron chi connectivity index (χ2n) is 3.77. The summed E-state index contributed by atoms with van der Waals surface area (Å²) in [5.74, 6) is 0. The van der Waals surface area contributed by atoms with Crippen LogP contribution in [0.4, 0.5) is 5.69 Å². The molecule has 0 fully saturated rings. The van der Waals surface area contributed by atoms with Gasteiger partial charge in [0.1, 0.15) is 0 Å². The summed E-state index contributed by atoms with van der Waals surface area (Å²) >= 11 is 3.44. The molecule has 4 nitrogen and oxygen atoms in total. The standard InChI is InChI=1S/C12H11BrN4/c1-7-12(15)8(2)17(16-7)11-4-3-9(6-14)5-10(11)13/h3-5H,15H2,1-2H3. The predicted molar refractivity (Wildman–Crippen MR) is 69.9 cm³/mol. The third kappa shape index (κ3) is 1.92. The van der Waals surface area contributed by atoms with E-state index in [0.29, 0.717) is 11.3 Å². The van der Waals surface area contributed by atoms with Gasteiger partial charge in [0.25, 0.3) is 0 Å². The molecule has 0 aliphatic rings. The van der Waals surface area contributed by atoms with E-state index in [4.69, 9.17) is 11.0 Å². The molecule has 0 unspecified atom stereocenters. The summed E-state index contributed by atoms with van der Waals surface area (Å²) in [6.07, 6.45) is 0. The summed E-state index contributed by atoms with van der Waals surface area (Å²) in [5, 5.41) is 13.2. The molecular formula is C12H11BrN4. The fraction of sp³-hybridized carbons (Fsp3) is 0.167. The van der Waals surface area contributed by atoms with E-state index in [1.165, 1.54) is 0 Å². The number of halogens is 1. The third-order valence-corrected chi connectivity index (χ3v) is 3.29. The Hall–Kier alpha value is -1.80. The number of aromatic nitrogens is 2. The lowest BCUT2D eigenvalue weighted by atomic mass is 10.2. The number of nitrogen functional groups attached to an aromatic ring is 1. The molecule has 0 aliphatic carbocycles. The topological polar surface area (TPSA) is 67.6 Å². The third-order valence-electron chi connectivity index (χ3n) is 2.65. The molecule has 0 bridgehead atoms. The van der Waals surface area contributed by atoms with E-state index in [0.717, 1.165) is 21.5 Å². The summed E-state index contributed by atoms with van der Waals surface area (Å²) in [5.41, 5.74) is 9.77. The number of hydrogen-bond acceptors (Lipinski definition) is 3. The summed E-state index contributed by atoms with van der Waals surface area (Å²) in [6.45, 7) is 3.79. The summed E-state index contributed by atoms with van der Waals surface area (Å²) in [4.78, 5) is 0. The maximum Gasteiger partial charge on any atom is 0.0992 e. The SMILES string of the molecule is Cc1nn(-c2ccc(C#N)cc2Br)c(C)c1N. The Kier molecular flexibility index (Phi) is 2.90. The van der Waals surface area contributed by atoms with E-state index in [-0.39, 0.29) is 0 Å². The molecule has 0 spiro atoms. The highest BCUT2D eigenvalue weighted by atomic mass is 79.9. The van der Waals surface area contributed by atoms with Gasteiger partial charge in [-0.25, -0.2) is 4.68 Å².